The number of aryl methyl sites for hydroxylation is 1. The molecule has 1 amide bonds. The fourth-order valence-corrected chi connectivity index (χ4v) is 3.02. The Labute approximate surface area is 151 Å². The van der Waals surface area contributed by atoms with Crippen LogP contribution in [-0.4, -0.2) is 41.6 Å². The lowest BCUT2D eigenvalue weighted by Gasteiger charge is -2.33. The topological polar surface area (TPSA) is 66.8 Å². The Morgan fingerprint density at radius 1 is 1.15 bits per heavy atom. The number of aromatic carboxylic acids is 1. The zero-order chi connectivity index (χ0) is 18.5. The second-order valence-electron chi connectivity index (χ2n) is 6.22. The minimum Gasteiger partial charge on any atom is -0.478 e. The second kappa shape index (κ2) is 8.10. The number of amides is 1. The van der Waals surface area contributed by atoms with Crippen LogP contribution in [0.4, 0.5) is 4.39 Å². The number of rotatable bonds is 5. The molecule has 0 radical (unpaired) electrons. The molecule has 136 valence electrons. The van der Waals surface area contributed by atoms with E-state index in [-0.39, 0.29) is 17.3 Å². The smallest absolute Gasteiger partial charge is 0.335 e. The van der Waals surface area contributed by atoms with Gasteiger partial charge in [-0.1, -0.05) is 30.3 Å². The summed E-state index contributed by atoms with van der Waals surface area (Å²) in [6.07, 6.45) is 0.389. The summed E-state index contributed by atoms with van der Waals surface area (Å²) in [7, 11) is 0. The average Bonchev–Trinajstić information content (AvgIpc) is 2.67. The molecule has 2 aromatic carbocycles. The Morgan fingerprint density at radius 3 is 2.58 bits per heavy atom. The van der Waals surface area contributed by atoms with Gasteiger partial charge in [0.25, 0.3) is 0 Å². The molecular weight excluding hydrogens is 337 g/mol. The van der Waals surface area contributed by atoms with Crippen molar-refractivity contribution in [2.24, 2.45) is 0 Å². The van der Waals surface area contributed by atoms with Gasteiger partial charge in [-0.3, -0.25) is 4.79 Å². The first-order valence-corrected chi connectivity index (χ1v) is 8.50. The first kappa shape index (κ1) is 18.1. The molecule has 1 N–H and O–H groups in total. The molecule has 1 aliphatic rings. The number of carboxylic acids is 1. The number of morpholine rings is 1. The van der Waals surface area contributed by atoms with E-state index in [1.165, 1.54) is 18.2 Å². The normalized spacial score (nSPS) is 17.1. The number of benzene rings is 2. The van der Waals surface area contributed by atoms with Crippen molar-refractivity contribution in [2.75, 3.05) is 19.7 Å². The molecule has 0 bridgehead atoms. The van der Waals surface area contributed by atoms with E-state index in [1.54, 1.807) is 35.2 Å². The van der Waals surface area contributed by atoms with Crippen LogP contribution in [0.3, 0.4) is 0 Å². The van der Waals surface area contributed by atoms with E-state index in [1.807, 2.05) is 0 Å². The van der Waals surface area contributed by atoms with Gasteiger partial charge in [0, 0.05) is 18.5 Å². The molecule has 1 heterocycles. The molecule has 0 spiro atoms. The van der Waals surface area contributed by atoms with Crippen molar-refractivity contribution in [1.82, 2.24) is 4.90 Å². The molecule has 0 aliphatic carbocycles. The van der Waals surface area contributed by atoms with Crippen LogP contribution in [0.5, 0.6) is 0 Å². The third-order valence-electron chi connectivity index (χ3n) is 4.50. The van der Waals surface area contributed by atoms with E-state index in [0.29, 0.717) is 38.1 Å². The lowest BCUT2D eigenvalue weighted by Crippen LogP contribution is -2.42. The molecule has 3 rings (SSSR count). The van der Waals surface area contributed by atoms with E-state index < -0.39 is 12.1 Å². The van der Waals surface area contributed by atoms with E-state index in [9.17, 15) is 14.0 Å². The van der Waals surface area contributed by atoms with Gasteiger partial charge >= 0.3 is 5.97 Å². The highest BCUT2D eigenvalue weighted by Crippen LogP contribution is 2.25. The molecule has 2 aromatic rings. The largest absolute Gasteiger partial charge is 0.478 e. The van der Waals surface area contributed by atoms with Crippen LogP contribution < -0.4 is 0 Å². The molecule has 5 nitrogen and oxygen atoms in total. The van der Waals surface area contributed by atoms with Crippen molar-refractivity contribution in [1.29, 1.82) is 0 Å². The SMILES string of the molecule is O=C(O)c1ccc(CCC(=O)N2CCO[C@H](c3ccccc3F)C2)cc1. The highest BCUT2D eigenvalue weighted by molar-refractivity contribution is 5.87. The Bertz CT molecular complexity index is 791. The van der Waals surface area contributed by atoms with Gasteiger partial charge in [-0.15, -0.1) is 0 Å². The van der Waals surface area contributed by atoms with Crippen LogP contribution in [0.25, 0.3) is 0 Å². The Balaban J connectivity index is 1.57. The van der Waals surface area contributed by atoms with Crippen molar-refractivity contribution >= 4 is 11.9 Å². The summed E-state index contributed by atoms with van der Waals surface area (Å²) in [5, 5.41) is 8.90. The summed E-state index contributed by atoms with van der Waals surface area (Å²) in [4.78, 5) is 25.0. The molecule has 1 saturated heterocycles. The number of hydrogen-bond acceptors (Lipinski definition) is 3. The number of halogens is 1. The lowest BCUT2D eigenvalue weighted by atomic mass is 10.0. The molecule has 0 saturated carbocycles. The van der Waals surface area contributed by atoms with E-state index in [4.69, 9.17) is 9.84 Å². The summed E-state index contributed by atoms with van der Waals surface area (Å²) in [6, 6.07) is 13.0. The van der Waals surface area contributed by atoms with Crippen molar-refractivity contribution in [3.63, 3.8) is 0 Å². The fourth-order valence-electron chi connectivity index (χ4n) is 3.02. The van der Waals surface area contributed by atoms with Gasteiger partial charge in [-0.2, -0.15) is 0 Å². The minimum absolute atomic E-state index is 0.0167. The highest BCUT2D eigenvalue weighted by Gasteiger charge is 2.26. The molecule has 26 heavy (non-hydrogen) atoms. The molecule has 1 aliphatic heterocycles. The van der Waals surface area contributed by atoms with Crippen molar-refractivity contribution in [3.05, 3.63) is 71.0 Å². The maximum atomic E-state index is 13.9. The van der Waals surface area contributed by atoms with Crippen LogP contribution in [0.15, 0.2) is 48.5 Å². The third kappa shape index (κ3) is 4.26. The van der Waals surface area contributed by atoms with Gasteiger partial charge in [0.1, 0.15) is 11.9 Å². The zero-order valence-corrected chi connectivity index (χ0v) is 14.2. The number of carbonyl (C=O) groups excluding carboxylic acids is 1. The number of carboxylic acid groups (broad SMARTS) is 1. The van der Waals surface area contributed by atoms with Crippen molar-refractivity contribution in [3.8, 4) is 0 Å². The molecule has 0 unspecified atom stereocenters. The van der Waals surface area contributed by atoms with Gasteiger partial charge in [0.05, 0.1) is 18.7 Å². The molecule has 6 heteroatoms. The van der Waals surface area contributed by atoms with Crippen LogP contribution in [0.1, 0.15) is 34.0 Å². The average molecular weight is 357 g/mol. The van der Waals surface area contributed by atoms with Crippen molar-refractivity contribution < 1.29 is 23.8 Å². The van der Waals surface area contributed by atoms with Gasteiger partial charge in [-0.05, 0) is 30.2 Å². The Kier molecular flexibility index (Phi) is 5.63. The van der Waals surface area contributed by atoms with Crippen LogP contribution in [0, 0.1) is 5.82 Å². The number of hydrogen-bond donors (Lipinski definition) is 1. The van der Waals surface area contributed by atoms with E-state index in [2.05, 4.69) is 0 Å². The molecule has 1 fully saturated rings. The summed E-state index contributed by atoms with van der Waals surface area (Å²) in [5.74, 6) is -1.32. The quantitative estimate of drug-likeness (QED) is 0.893. The fraction of sp³-hybridized carbons (Fsp3) is 0.300. The lowest BCUT2D eigenvalue weighted by molar-refractivity contribution is -0.139. The second-order valence-corrected chi connectivity index (χ2v) is 6.22. The summed E-state index contributed by atoms with van der Waals surface area (Å²) >= 11 is 0. The summed E-state index contributed by atoms with van der Waals surface area (Å²) in [6.45, 7) is 1.19. The predicted octanol–water partition coefficient (Wildman–Crippen LogP) is 3.06. The maximum Gasteiger partial charge on any atom is 0.335 e. The third-order valence-corrected chi connectivity index (χ3v) is 4.50. The van der Waals surface area contributed by atoms with Crippen molar-refractivity contribution in [2.45, 2.75) is 18.9 Å². The summed E-state index contributed by atoms with van der Waals surface area (Å²) < 4.78 is 19.6. The van der Waals surface area contributed by atoms with Crippen LogP contribution >= 0.6 is 0 Å². The van der Waals surface area contributed by atoms with E-state index >= 15 is 0 Å². The maximum absolute atomic E-state index is 13.9. The van der Waals surface area contributed by atoms with Gasteiger partial charge in [-0.25, -0.2) is 9.18 Å². The number of nitrogens with zero attached hydrogens (tertiary/aromatic N) is 1. The molecular formula is C20H20FNO4. The molecule has 0 aromatic heterocycles. The predicted molar refractivity (Wildman–Crippen MR) is 93.4 cm³/mol. The first-order chi connectivity index (χ1) is 12.5. The van der Waals surface area contributed by atoms with Gasteiger partial charge < -0.3 is 14.7 Å². The molecule has 1 atom stereocenters. The Morgan fingerprint density at radius 2 is 1.88 bits per heavy atom. The van der Waals surface area contributed by atoms with Gasteiger partial charge in [0.15, 0.2) is 0 Å². The Hall–Kier alpha value is -2.73. The monoisotopic (exact) mass is 357 g/mol. The highest BCUT2D eigenvalue weighted by atomic mass is 19.1. The summed E-state index contributed by atoms with van der Waals surface area (Å²) in [5.41, 5.74) is 1.59. The zero-order valence-electron chi connectivity index (χ0n) is 14.2. The van der Waals surface area contributed by atoms with Crippen LogP contribution in [0.2, 0.25) is 0 Å². The van der Waals surface area contributed by atoms with Crippen LogP contribution in [-0.2, 0) is 16.0 Å². The van der Waals surface area contributed by atoms with Gasteiger partial charge in [0.2, 0.25) is 5.91 Å². The minimum atomic E-state index is -0.972. The standard InChI is InChI=1S/C20H20FNO4/c21-17-4-2-1-3-16(17)18-13-22(11-12-26-18)19(23)10-7-14-5-8-15(9-6-14)20(24)25/h1-6,8-9,18H,7,10-13H2,(H,24,25)/t18-/m0/s1. The number of carbonyl (C=O) groups is 2. The first-order valence-electron chi connectivity index (χ1n) is 8.50. The van der Waals surface area contributed by atoms with E-state index in [0.717, 1.165) is 5.56 Å². The number of ether oxygens (including phenoxy) is 1.